The van der Waals surface area contributed by atoms with Gasteiger partial charge in [-0.25, -0.2) is 0 Å². The van der Waals surface area contributed by atoms with E-state index in [1.54, 1.807) is 24.3 Å². The van der Waals surface area contributed by atoms with Crippen LogP contribution >= 0.6 is 0 Å². The highest BCUT2D eigenvalue weighted by Gasteiger charge is 2.25. The Kier molecular flexibility index (Phi) is 5.05. The van der Waals surface area contributed by atoms with Crippen LogP contribution in [0.4, 0.5) is 0 Å². The van der Waals surface area contributed by atoms with Gasteiger partial charge in [0.25, 0.3) is 5.91 Å². The quantitative estimate of drug-likeness (QED) is 0.797. The second-order valence-corrected chi connectivity index (χ2v) is 6.01. The van der Waals surface area contributed by atoms with Gasteiger partial charge >= 0.3 is 0 Å². The Morgan fingerprint density at radius 2 is 1.78 bits per heavy atom. The predicted molar refractivity (Wildman–Crippen MR) is 90.0 cm³/mol. The van der Waals surface area contributed by atoms with Gasteiger partial charge < -0.3 is 15.7 Å². The van der Waals surface area contributed by atoms with Gasteiger partial charge in [-0.1, -0.05) is 48.5 Å². The highest BCUT2D eigenvalue weighted by molar-refractivity contribution is 5.98. The van der Waals surface area contributed by atoms with E-state index < -0.39 is 6.23 Å². The minimum Gasteiger partial charge on any atom is -0.369 e. The molecule has 0 aliphatic carbocycles. The van der Waals surface area contributed by atoms with Crippen molar-refractivity contribution in [3.05, 3.63) is 71.3 Å². The van der Waals surface area contributed by atoms with E-state index in [9.17, 15) is 9.90 Å². The van der Waals surface area contributed by atoms with Gasteiger partial charge in [-0.3, -0.25) is 4.79 Å². The lowest BCUT2D eigenvalue weighted by Crippen LogP contribution is -2.17. The molecule has 2 aliphatic heterocycles. The van der Waals surface area contributed by atoms with Crippen LogP contribution in [0.3, 0.4) is 0 Å². The molecule has 2 atom stereocenters. The largest absolute Gasteiger partial charge is 0.369 e. The number of aliphatic hydroxyl groups excluding tert-OH is 1. The van der Waals surface area contributed by atoms with Crippen LogP contribution < -0.4 is 10.6 Å². The van der Waals surface area contributed by atoms with Crippen molar-refractivity contribution >= 4 is 5.91 Å². The fourth-order valence-electron chi connectivity index (χ4n) is 3.06. The third kappa shape index (κ3) is 3.97. The molecule has 2 aromatic rings. The molecule has 0 spiro atoms. The molecule has 0 aromatic heterocycles. The average Bonchev–Trinajstić information content (AvgIpc) is 3.18. The van der Waals surface area contributed by atoms with Gasteiger partial charge in [0.05, 0.1) is 0 Å². The molecule has 2 aliphatic rings. The molecule has 1 fully saturated rings. The van der Waals surface area contributed by atoms with Crippen molar-refractivity contribution in [2.24, 2.45) is 5.92 Å². The van der Waals surface area contributed by atoms with Crippen LogP contribution in [0.25, 0.3) is 0 Å². The van der Waals surface area contributed by atoms with Crippen LogP contribution in [0.5, 0.6) is 0 Å². The van der Waals surface area contributed by atoms with Gasteiger partial charge in [0.2, 0.25) is 0 Å². The summed E-state index contributed by atoms with van der Waals surface area (Å²) < 4.78 is 0. The van der Waals surface area contributed by atoms with Crippen LogP contribution in [-0.2, 0) is 6.42 Å². The second kappa shape index (κ2) is 7.40. The predicted octanol–water partition coefficient (Wildman–Crippen LogP) is 2.26. The van der Waals surface area contributed by atoms with Gasteiger partial charge in [0, 0.05) is 11.1 Å². The third-order valence-corrected chi connectivity index (χ3v) is 4.30. The molecule has 3 N–H and O–H groups in total. The number of rotatable bonds is 2. The summed E-state index contributed by atoms with van der Waals surface area (Å²) in [5.74, 6) is 0.667. The first-order chi connectivity index (χ1) is 11.2. The van der Waals surface area contributed by atoms with Crippen molar-refractivity contribution in [3.63, 3.8) is 0 Å². The van der Waals surface area contributed by atoms with E-state index in [1.165, 1.54) is 31.5 Å². The number of carbonyl (C=O) groups excluding carboxylic acids is 1. The maximum Gasteiger partial charge on any atom is 0.253 e. The number of aliphatic hydroxyl groups is 1. The molecule has 0 bridgehead atoms. The topological polar surface area (TPSA) is 61.4 Å². The number of benzene rings is 2. The van der Waals surface area contributed by atoms with E-state index in [2.05, 4.69) is 41.0 Å². The highest BCUT2D eigenvalue weighted by atomic mass is 16.3. The zero-order chi connectivity index (χ0) is 16.1. The average molecular weight is 310 g/mol. The van der Waals surface area contributed by atoms with Gasteiger partial charge in [-0.2, -0.15) is 0 Å². The molecule has 1 amide bonds. The van der Waals surface area contributed by atoms with Crippen LogP contribution in [-0.4, -0.2) is 24.1 Å². The Balaban J connectivity index is 0.000000136. The molecule has 0 saturated carbocycles. The fourth-order valence-corrected chi connectivity index (χ4v) is 3.06. The lowest BCUT2D eigenvalue weighted by atomic mass is 9.99. The van der Waals surface area contributed by atoms with Crippen molar-refractivity contribution in [1.29, 1.82) is 0 Å². The number of amides is 1. The minimum absolute atomic E-state index is 0.201. The summed E-state index contributed by atoms with van der Waals surface area (Å²) in [6, 6.07) is 17.8. The molecule has 4 heteroatoms. The summed E-state index contributed by atoms with van der Waals surface area (Å²) in [6.07, 6.45) is 1.77. The van der Waals surface area contributed by atoms with Crippen molar-refractivity contribution in [2.75, 3.05) is 13.1 Å². The van der Waals surface area contributed by atoms with Crippen molar-refractivity contribution in [1.82, 2.24) is 10.6 Å². The zero-order valence-electron chi connectivity index (χ0n) is 13.0. The molecule has 4 rings (SSSR count). The van der Waals surface area contributed by atoms with Gasteiger partial charge in [-0.15, -0.1) is 0 Å². The van der Waals surface area contributed by atoms with Gasteiger partial charge in [-0.05, 0) is 43.5 Å². The van der Waals surface area contributed by atoms with Crippen LogP contribution in [0.1, 0.15) is 34.1 Å². The van der Waals surface area contributed by atoms with Crippen LogP contribution in [0, 0.1) is 5.92 Å². The Labute approximate surface area is 136 Å². The van der Waals surface area contributed by atoms with E-state index in [0.29, 0.717) is 11.1 Å². The molecule has 0 radical (unpaired) electrons. The van der Waals surface area contributed by atoms with E-state index >= 15 is 0 Å². The van der Waals surface area contributed by atoms with Gasteiger partial charge in [0.1, 0.15) is 0 Å². The Morgan fingerprint density at radius 1 is 1.04 bits per heavy atom. The normalized spacial score (nSPS) is 22.0. The molecule has 2 heterocycles. The minimum atomic E-state index is -0.821. The van der Waals surface area contributed by atoms with Crippen molar-refractivity contribution < 1.29 is 9.90 Å². The Morgan fingerprint density at radius 3 is 2.48 bits per heavy atom. The van der Waals surface area contributed by atoms with Crippen LogP contribution in [0.15, 0.2) is 54.6 Å². The third-order valence-electron chi connectivity index (χ3n) is 4.30. The Hall–Kier alpha value is -2.17. The number of carbonyl (C=O) groups is 1. The number of hydrogen-bond donors (Lipinski definition) is 3. The monoisotopic (exact) mass is 310 g/mol. The molecule has 2 unspecified atom stereocenters. The summed E-state index contributed by atoms with van der Waals surface area (Å²) in [5, 5.41) is 15.0. The van der Waals surface area contributed by atoms with E-state index in [-0.39, 0.29) is 5.91 Å². The molecule has 1 saturated heterocycles. The maximum absolute atomic E-state index is 11.0. The first kappa shape index (κ1) is 15.7. The lowest BCUT2D eigenvalue weighted by Gasteiger charge is -2.06. The van der Waals surface area contributed by atoms with Crippen molar-refractivity contribution in [3.8, 4) is 0 Å². The summed E-state index contributed by atoms with van der Waals surface area (Å²) in [7, 11) is 0. The molecular weight excluding hydrogens is 288 g/mol. The maximum atomic E-state index is 11.0. The first-order valence-electron chi connectivity index (χ1n) is 8.06. The fraction of sp³-hybridized carbons (Fsp3) is 0.316. The van der Waals surface area contributed by atoms with Gasteiger partial charge in [0.15, 0.2) is 6.23 Å². The smallest absolute Gasteiger partial charge is 0.253 e. The molecular formula is C19H22N2O2. The second-order valence-electron chi connectivity index (χ2n) is 6.01. The number of nitrogens with one attached hydrogen (secondary N) is 2. The van der Waals surface area contributed by atoms with E-state index in [0.717, 1.165) is 5.92 Å². The Bertz CT molecular complexity index is 651. The number of hydrogen-bond acceptors (Lipinski definition) is 3. The summed E-state index contributed by atoms with van der Waals surface area (Å²) in [6.45, 7) is 2.41. The highest BCUT2D eigenvalue weighted by Crippen LogP contribution is 2.21. The SMILES string of the molecule is O=C1NC(O)c2ccccc21.c1ccc(CC2CCNC2)cc1. The number of fused-ring (bicyclic) bond motifs is 1. The summed E-state index contributed by atoms with van der Waals surface area (Å²) in [5.41, 5.74) is 2.71. The first-order valence-corrected chi connectivity index (χ1v) is 8.06. The zero-order valence-corrected chi connectivity index (χ0v) is 13.0. The van der Waals surface area contributed by atoms with Crippen LogP contribution in [0.2, 0.25) is 0 Å². The summed E-state index contributed by atoms with van der Waals surface area (Å²) >= 11 is 0. The molecule has 2 aromatic carbocycles. The van der Waals surface area contributed by atoms with E-state index in [1.807, 2.05) is 0 Å². The molecule has 4 nitrogen and oxygen atoms in total. The summed E-state index contributed by atoms with van der Waals surface area (Å²) in [4.78, 5) is 11.0. The lowest BCUT2D eigenvalue weighted by molar-refractivity contribution is 0.0850. The standard InChI is InChI=1S/C11H15N.C8H7NO2/c1-2-4-10(5-3-1)8-11-6-7-12-9-11;10-7-5-3-1-2-4-6(5)8(11)9-7/h1-5,11-12H,6-9H2;1-4,7,10H,(H,9,11). The molecule has 120 valence electrons. The van der Waals surface area contributed by atoms with Crippen molar-refractivity contribution in [2.45, 2.75) is 19.1 Å². The molecule has 23 heavy (non-hydrogen) atoms. The van der Waals surface area contributed by atoms with E-state index in [4.69, 9.17) is 0 Å².